The van der Waals surface area contributed by atoms with Crippen LogP contribution in [0, 0.1) is 0 Å². The first-order valence-electron chi connectivity index (χ1n) is 4.61. The first-order valence-corrected chi connectivity index (χ1v) is 5.59. The van der Waals surface area contributed by atoms with Gasteiger partial charge < -0.3 is 0 Å². The van der Waals surface area contributed by atoms with Gasteiger partial charge in [0.2, 0.25) is 0 Å². The Morgan fingerprint density at radius 2 is 2.25 bits per heavy atom. The molecule has 2 rings (SSSR count). The van der Waals surface area contributed by atoms with E-state index in [1.54, 1.807) is 6.20 Å². The Morgan fingerprint density at radius 3 is 3.06 bits per heavy atom. The number of nitrogens with zero attached hydrogens (tertiary/aromatic N) is 2. The van der Waals surface area contributed by atoms with Gasteiger partial charge >= 0.3 is 0 Å². The van der Waals surface area contributed by atoms with Crippen molar-refractivity contribution in [2.75, 3.05) is 5.75 Å². The molecule has 1 heterocycles. The molecule has 0 aliphatic carbocycles. The van der Waals surface area contributed by atoms with Crippen LogP contribution in [-0.4, -0.2) is 16.0 Å². The molecule has 3 nitrogen and oxygen atoms in total. The van der Waals surface area contributed by atoms with Crippen molar-refractivity contribution in [2.24, 2.45) is 0 Å². The summed E-state index contributed by atoms with van der Waals surface area (Å²) >= 11 is 1.34. The molecule has 0 atom stereocenters. The average Bonchev–Trinajstić information content (AvgIpc) is 2.35. The van der Waals surface area contributed by atoms with Gasteiger partial charge in [-0.2, -0.15) is 5.10 Å². The number of thioether (sulfide) groups is 1. The molecular weight excluding hydrogens is 227 g/mol. The maximum atomic E-state index is 11.8. The van der Waals surface area contributed by atoms with Crippen LogP contribution >= 0.6 is 11.8 Å². The summed E-state index contributed by atoms with van der Waals surface area (Å²) < 4.78 is 11.8. The Hall–Kier alpha value is -1.62. The van der Waals surface area contributed by atoms with Gasteiger partial charge in [-0.15, -0.1) is 5.10 Å². The molecule has 0 aliphatic heterocycles. The van der Waals surface area contributed by atoms with Crippen LogP contribution in [-0.2, 0) is 4.94 Å². The van der Waals surface area contributed by atoms with Crippen LogP contribution in [0.3, 0.4) is 0 Å². The first-order chi connectivity index (χ1) is 7.81. The van der Waals surface area contributed by atoms with Gasteiger partial charge in [0.15, 0.2) is 5.76 Å². The molecule has 0 saturated heterocycles. The Labute approximate surface area is 96.2 Å². The van der Waals surface area contributed by atoms with Gasteiger partial charge in [0.25, 0.3) is 0 Å². The second kappa shape index (κ2) is 4.94. The molecule has 0 bridgehead atoms. The summed E-state index contributed by atoms with van der Waals surface area (Å²) in [5.41, 5.74) is 0. The molecule has 5 heteroatoms. The highest BCUT2D eigenvalue weighted by Crippen LogP contribution is 2.25. The number of hydrogen-bond acceptors (Lipinski definition) is 4. The number of hydrogen-bond donors (Lipinski definition) is 0. The number of aromatic nitrogens is 2. The number of rotatable bonds is 4. The number of halogens is 1. The van der Waals surface area contributed by atoms with Gasteiger partial charge in [-0.1, -0.05) is 42.6 Å². The Kier molecular flexibility index (Phi) is 3.36. The second-order valence-corrected chi connectivity index (χ2v) is 4.11. The van der Waals surface area contributed by atoms with Gasteiger partial charge in [0, 0.05) is 15.3 Å². The maximum absolute atomic E-state index is 11.8. The zero-order chi connectivity index (χ0) is 11.4. The van der Waals surface area contributed by atoms with Crippen molar-refractivity contribution in [3.8, 4) is 0 Å². The zero-order valence-electron chi connectivity index (χ0n) is 8.39. The third kappa shape index (κ3) is 2.30. The molecule has 1 aromatic heterocycles. The van der Waals surface area contributed by atoms with Crippen molar-refractivity contribution in [1.29, 1.82) is 0 Å². The van der Waals surface area contributed by atoms with Crippen LogP contribution in [0.5, 0.6) is 0 Å². The molecule has 0 aliphatic rings. The smallest absolute Gasteiger partial charge is 0.152 e. The van der Waals surface area contributed by atoms with Crippen LogP contribution in [0.2, 0.25) is 0 Å². The van der Waals surface area contributed by atoms with Crippen LogP contribution in [0.1, 0.15) is 0 Å². The lowest BCUT2D eigenvalue weighted by atomic mass is 10.2. The fourth-order valence-corrected chi connectivity index (χ4v) is 2.07. The molecule has 0 saturated carbocycles. The largest absolute Gasteiger partial charge is 0.299 e. The third-order valence-electron chi connectivity index (χ3n) is 2.02. The molecule has 0 N–H and O–H groups in total. The number of benzene rings is 1. The van der Waals surface area contributed by atoms with Gasteiger partial charge in [-0.3, -0.25) is 4.94 Å². The predicted molar refractivity (Wildman–Crippen MR) is 61.6 cm³/mol. The van der Waals surface area contributed by atoms with E-state index < -0.39 is 0 Å². The average molecular weight is 236 g/mol. The molecular formula is C11H9FN2OS. The SMILES string of the molecule is C=C(CSc1nncc2ccccc12)OF. The van der Waals surface area contributed by atoms with Crippen LogP contribution in [0.4, 0.5) is 4.53 Å². The molecule has 0 radical (unpaired) electrons. The highest BCUT2D eigenvalue weighted by atomic mass is 32.2. The maximum Gasteiger partial charge on any atom is 0.152 e. The van der Waals surface area contributed by atoms with Crippen molar-refractivity contribution in [3.05, 3.63) is 42.8 Å². The van der Waals surface area contributed by atoms with E-state index in [2.05, 4.69) is 21.7 Å². The van der Waals surface area contributed by atoms with E-state index in [-0.39, 0.29) is 5.76 Å². The summed E-state index contributed by atoms with van der Waals surface area (Å²) in [5, 5.41) is 10.6. The summed E-state index contributed by atoms with van der Waals surface area (Å²) in [7, 11) is 0. The van der Waals surface area contributed by atoms with Crippen molar-refractivity contribution < 1.29 is 9.47 Å². The standard InChI is InChI=1S/C11H9FN2OS/c1-8(15-12)7-16-11-10-5-3-2-4-9(10)6-13-14-11/h2-6H,1,7H2. The predicted octanol–water partition coefficient (Wildman–Crippen LogP) is 3.14. The van der Waals surface area contributed by atoms with Crippen LogP contribution in [0.25, 0.3) is 10.8 Å². The minimum atomic E-state index is 0.0692. The molecule has 2 aromatic rings. The van der Waals surface area contributed by atoms with Crippen molar-refractivity contribution in [2.45, 2.75) is 5.03 Å². The van der Waals surface area contributed by atoms with Gasteiger partial charge in [0.05, 0.1) is 11.9 Å². The zero-order valence-corrected chi connectivity index (χ0v) is 9.21. The Balaban J connectivity index is 2.27. The lowest BCUT2D eigenvalue weighted by molar-refractivity contribution is -0.0803. The highest BCUT2D eigenvalue weighted by Gasteiger charge is 2.05. The van der Waals surface area contributed by atoms with Crippen molar-refractivity contribution in [3.63, 3.8) is 0 Å². The Morgan fingerprint density at radius 1 is 1.44 bits per heavy atom. The van der Waals surface area contributed by atoms with Crippen LogP contribution < -0.4 is 0 Å². The fraction of sp³-hybridized carbons (Fsp3) is 0.0909. The quantitative estimate of drug-likeness (QED) is 0.603. The molecule has 0 spiro atoms. The van der Waals surface area contributed by atoms with E-state index >= 15 is 0 Å². The first kappa shape index (κ1) is 10.9. The van der Waals surface area contributed by atoms with E-state index in [1.165, 1.54) is 11.8 Å². The van der Waals surface area contributed by atoms with E-state index in [0.29, 0.717) is 5.75 Å². The van der Waals surface area contributed by atoms with E-state index in [4.69, 9.17) is 0 Å². The van der Waals surface area contributed by atoms with Crippen molar-refractivity contribution in [1.82, 2.24) is 10.2 Å². The summed E-state index contributed by atoms with van der Waals surface area (Å²) in [6.45, 7) is 3.40. The monoisotopic (exact) mass is 236 g/mol. The van der Waals surface area contributed by atoms with Gasteiger partial charge in [-0.25, -0.2) is 0 Å². The highest BCUT2D eigenvalue weighted by molar-refractivity contribution is 7.99. The minimum absolute atomic E-state index is 0.0692. The van der Waals surface area contributed by atoms with Crippen LogP contribution in [0.15, 0.2) is 47.8 Å². The fourth-order valence-electron chi connectivity index (χ4n) is 1.28. The van der Waals surface area contributed by atoms with E-state index in [9.17, 15) is 4.53 Å². The second-order valence-electron chi connectivity index (χ2n) is 3.14. The van der Waals surface area contributed by atoms with E-state index in [1.807, 2.05) is 24.3 Å². The summed E-state index contributed by atoms with van der Waals surface area (Å²) in [6, 6.07) is 7.76. The Bertz CT molecular complexity index is 513. The summed E-state index contributed by atoms with van der Waals surface area (Å²) in [4.78, 5) is 3.52. The molecule has 82 valence electrons. The molecule has 0 fully saturated rings. The lowest BCUT2D eigenvalue weighted by Gasteiger charge is -2.03. The lowest BCUT2D eigenvalue weighted by Crippen LogP contribution is -1.90. The molecule has 0 amide bonds. The number of fused-ring (bicyclic) bond motifs is 1. The minimum Gasteiger partial charge on any atom is -0.299 e. The molecule has 16 heavy (non-hydrogen) atoms. The van der Waals surface area contributed by atoms with Gasteiger partial charge in [0.1, 0.15) is 5.03 Å². The normalized spacial score (nSPS) is 10.3. The van der Waals surface area contributed by atoms with E-state index in [0.717, 1.165) is 15.8 Å². The van der Waals surface area contributed by atoms with Crippen molar-refractivity contribution >= 4 is 22.5 Å². The van der Waals surface area contributed by atoms with Gasteiger partial charge in [-0.05, 0) is 0 Å². The summed E-state index contributed by atoms with van der Waals surface area (Å²) in [5.74, 6) is 0.388. The molecule has 0 unspecified atom stereocenters. The topological polar surface area (TPSA) is 35.0 Å². The summed E-state index contributed by atoms with van der Waals surface area (Å²) in [6.07, 6.45) is 1.69. The molecule has 1 aromatic carbocycles. The third-order valence-corrected chi connectivity index (χ3v) is 3.06.